The molecule has 0 unspecified atom stereocenters. The van der Waals surface area contributed by atoms with Crippen LogP contribution in [0.1, 0.15) is 20.8 Å². The van der Waals surface area contributed by atoms with Gasteiger partial charge in [-0.1, -0.05) is 0 Å². The number of nitrogens with one attached hydrogen (secondary N) is 1. The second-order valence-corrected chi connectivity index (χ2v) is 4.76. The summed E-state index contributed by atoms with van der Waals surface area (Å²) in [6.07, 6.45) is 1.73. The predicted octanol–water partition coefficient (Wildman–Crippen LogP) is 1.88. The summed E-state index contributed by atoms with van der Waals surface area (Å²) in [6.45, 7) is 7.57. The quantitative estimate of drug-likeness (QED) is 0.840. The molecule has 1 aromatic heterocycles. The molecule has 96 valence electrons. The van der Waals surface area contributed by atoms with Crippen molar-refractivity contribution in [2.45, 2.75) is 26.8 Å². The number of aliphatic hydroxyl groups excluding tert-OH is 1. The summed E-state index contributed by atoms with van der Waals surface area (Å²) in [4.78, 5) is 10.7. The molecule has 0 radical (unpaired) electrons. The van der Waals surface area contributed by atoms with Crippen LogP contribution in [0.3, 0.4) is 0 Å². The van der Waals surface area contributed by atoms with E-state index in [2.05, 4.69) is 45.1 Å². The smallest absolute Gasteiger partial charge is 0.224 e. The topological polar surface area (TPSA) is 61.3 Å². The highest BCUT2D eigenvalue weighted by atomic mass is 79.9. The number of hydrogen-bond acceptors (Lipinski definition) is 5. The van der Waals surface area contributed by atoms with Crippen molar-refractivity contribution in [2.24, 2.45) is 0 Å². The van der Waals surface area contributed by atoms with Crippen LogP contribution in [-0.4, -0.2) is 40.8 Å². The molecule has 0 aliphatic heterocycles. The van der Waals surface area contributed by atoms with Gasteiger partial charge < -0.3 is 15.3 Å². The van der Waals surface area contributed by atoms with Crippen LogP contribution in [0.5, 0.6) is 0 Å². The number of aliphatic hydroxyl groups is 1. The summed E-state index contributed by atoms with van der Waals surface area (Å²) in [5.41, 5.74) is 0. The standard InChI is InChI=1S/C11H19BrN4O/c1-4-13-11-14-7-9(12)10(15-11)16(5-6-17)8(2)3/h7-8,17H,4-6H2,1-3H3,(H,13,14,15). The maximum Gasteiger partial charge on any atom is 0.224 e. The lowest BCUT2D eigenvalue weighted by Gasteiger charge is -2.28. The Morgan fingerprint density at radius 3 is 2.76 bits per heavy atom. The van der Waals surface area contributed by atoms with Gasteiger partial charge in [-0.05, 0) is 36.7 Å². The molecule has 1 heterocycles. The molecule has 17 heavy (non-hydrogen) atoms. The van der Waals surface area contributed by atoms with Crippen LogP contribution in [0, 0.1) is 0 Å². The Morgan fingerprint density at radius 1 is 1.53 bits per heavy atom. The molecule has 0 aliphatic carbocycles. The normalized spacial score (nSPS) is 10.7. The first kappa shape index (κ1) is 14.2. The zero-order valence-corrected chi connectivity index (χ0v) is 12.0. The minimum absolute atomic E-state index is 0.102. The fourth-order valence-electron chi connectivity index (χ4n) is 1.52. The molecular formula is C11H19BrN4O. The predicted molar refractivity (Wildman–Crippen MR) is 73.5 cm³/mol. The van der Waals surface area contributed by atoms with Crippen LogP contribution in [0.2, 0.25) is 0 Å². The largest absolute Gasteiger partial charge is 0.395 e. The van der Waals surface area contributed by atoms with Crippen molar-refractivity contribution in [2.75, 3.05) is 29.9 Å². The van der Waals surface area contributed by atoms with E-state index in [0.29, 0.717) is 12.5 Å². The van der Waals surface area contributed by atoms with Gasteiger partial charge in [0.2, 0.25) is 5.95 Å². The van der Waals surface area contributed by atoms with Crippen molar-refractivity contribution in [3.05, 3.63) is 10.7 Å². The minimum Gasteiger partial charge on any atom is -0.395 e. The summed E-state index contributed by atoms with van der Waals surface area (Å²) < 4.78 is 0.835. The SMILES string of the molecule is CCNc1ncc(Br)c(N(CCO)C(C)C)n1. The average molecular weight is 303 g/mol. The first-order valence-electron chi connectivity index (χ1n) is 5.74. The zero-order valence-electron chi connectivity index (χ0n) is 10.4. The van der Waals surface area contributed by atoms with Gasteiger partial charge in [0.25, 0.3) is 0 Å². The lowest BCUT2D eigenvalue weighted by atomic mass is 10.3. The van der Waals surface area contributed by atoms with E-state index in [1.807, 2.05) is 11.8 Å². The second-order valence-electron chi connectivity index (χ2n) is 3.91. The van der Waals surface area contributed by atoms with E-state index < -0.39 is 0 Å². The van der Waals surface area contributed by atoms with Gasteiger partial charge in [-0.15, -0.1) is 0 Å². The number of halogens is 1. The van der Waals surface area contributed by atoms with E-state index in [0.717, 1.165) is 16.8 Å². The monoisotopic (exact) mass is 302 g/mol. The molecule has 0 aliphatic rings. The van der Waals surface area contributed by atoms with Crippen LogP contribution in [-0.2, 0) is 0 Å². The van der Waals surface area contributed by atoms with Gasteiger partial charge in [-0.2, -0.15) is 4.98 Å². The third kappa shape index (κ3) is 3.81. The molecule has 0 bridgehead atoms. The van der Waals surface area contributed by atoms with E-state index in [-0.39, 0.29) is 12.6 Å². The molecular weight excluding hydrogens is 284 g/mol. The number of nitrogens with zero attached hydrogens (tertiary/aromatic N) is 3. The van der Waals surface area contributed by atoms with Crippen molar-refractivity contribution in [3.63, 3.8) is 0 Å². The third-order valence-electron chi connectivity index (χ3n) is 2.30. The number of hydrogen-bond donors (Lipinski definition) is 2. The molecule has 0 atom stereocenters. The Kier molecular flexibility index (Phi) is 5.64. The maximum absolute atomic E-state index is 9.09. The summed E-state index contributed by atoms with van der Waals surface area (Å²) in [7, 11) is 0. The molecule has 0 spiro atoms. The van der Waals surface area contributed by atoms with E-state index in [1.165, 1.54) is 0 Å². The van der Waals surface area contributed by atoms with Crippen molar-refractivity contribution in [1.29, 1.82) is 0 Å². The van der Waals surface area contributed by atoms with E-state index in [9.17, 15) is 0 Å². The van der Waals surface area contributed by atoms with Crippen LogP contribution >= 0.6 is 15.9 Å². The molecule has 2 N–H and O–H groups in total. The molecule has 0 aromatic carbocycles. The highest BCUT2D eigenvalue weighted by Crippen LogP contribution is 2.25. The Hall–Kier alpha value is -0.880. The Morgan fingerprint density at radius 2 is 2.24 bits per heavy atom. The van der Waals surface area contributed by atoms with Crippen LogP contribution in [0.15, 0.2) is 10.7 Å². The number of anilines is 2. The highest BCUT2D eigenvalue weighted by Gasteiger charge is 2.15. The molecule has 5 nitrogen and oxygen atoms in total. The lowest BCUT2D eigenvalue weighted by Crippen LogP contribution is -2.34. The molecule has 6 heteroatoms. The van der Waals surface area contributed by atoms with Gasteiger partial charge >= 0.3 is 0 Å². The van der Waals surface area contributed by atoms with Gasteiger partial charge in [-0.25, -0.2) is 4.98 Å². The van der Waals surface area contributed by atoms with Crippen LogP contribution in [0.4, 0.5) is 11.8 Å². The number of aromatic nitrogens is 2. The zero-order chi connectivity index (χ0) is 12.8. The number of rotatable bonds is 6. The fourth-order valence-corrected chi connectivity index (χ4v) is 1.94. The van der Waals surface area contributed by atoms with Crippen molar-refractivity contribution in [1.82, 2.24) is 9.97 Å². The minimum atomic E-state index is 0.102. The average Bonchev–Trinajstić information content (AvgIpc) is 2.29. The van der Waals surface area contributed by atoms with E-state index in [1.54, 1.807) is 6.20 Å². The first-order chi connectivity index (χ1) is 8.10. The summed E-state index contributed by atoms with van der Waals surface area (Å²) >= 11 is 3.44. The molecule has 1 rings (SSSR count). The lowest BCUT2D eigenvalue weighted by molar-refractivity contribution is 0.298. The van der Waals surface area contributed by atoms with Crippen molar-refractivity contribution >= 4 is 27.7 Å². The third-order valence-corrected chi connectivity index (χ3v) is 2.86. The van der Waals surface area contributed by atoms with Crippen LogP contribution < -0.4 is 10.2 Å². The van der Waals surface area contributed by atoms with E-state index in [4.69, 9.17) is 5.11 Å². The molecule has 0 amide bonds. The Balaban J connectivity index is 3.03. The summed E-state index contributed by atoms with van der Waals surface area (Å²) in [6, 6.07) is 0.267. The highest BCUT2D eigenvalue weighted by molar-refractivity contribution is 9.10. The van der Waals surface area contributed by atoms with Crippen molar-refractivity contribution in [3.8, 4) is 0 Å². The fraction of sp³-hybridized carbons (Fsp3) is 0.636. The van der Waals surface area contributed by atoms with E-state index >= 15 is 0 Å². The Labute approximate surface area is 110 Å². The second kappa shape index (κ2) is 6.76. The van der Waals surface area contributed by atoms with Gasteiger partial charge in [-0.3, -0.25) is 0 Å². The summed E-state index contributed by atoms with van der Waals surface area (Å²) in [5, 5.41) is 12.2. The van der Waals surface area contributed by atoms with Gasteiger partial charge in [0.05, 0.1) is 11.1 Å². The summed E-state index contributed by atoms with van der Waals surface area (Å²) in [5.74, 6) is 1.41. The maximum atomic E-state index is 9.09. The Bertz CT molecular complexity index is 359. The van der Waals surface area contributed by atoms with Gasteiger partial charge in [0.15, 0.2) is 0 Å². The van der Waals surface area contributed by atoms with Gasteiger partial charge in [0.1, 0.15) is 5.82 Å². The molecule has 1 aromatic rings. The van der Waals surface area contributed by atoms with Gasteiger partial charge in [0, 0.05) is 25.3 Å². The van der Waals surface area contributed by atoms with Crippen molar-refractivity contribution < 1.29 is 5.11 Å². The molecule has 0 saturated carbocycles. The first-order valence-corrected chi connectivity index (χ1v) is 6.53. The van der Waals surface area contributed by atoms with Crippen LogP contribution in [0.25, 0.3) is 0 Å². The molecule has 0 saturated heterocycles. The molecule has 0 fully saturated rings.